The van der Waals surface area contributed by atoms with Gasteiger partial charge in [0.2, 0.25) is 0 Å². The van der Waals surface area contributed by atoms with Crippen LogP contribution in [0.5, 0.6) is 0 Å². The summed E-state index contributed by atoms with van der Waals surface area (Å²) in [7, 11) is 0. The molecule has 0 radical (unpaired) electrons. The highest BCUT2D eigenvalue weighted by molar-refractivity contribution is 6.30. The number of nitrogens with one attached hydrogen (secondary N) is 1. The largest absolute Gasteiger partial charge is 0.370 e. The van der Waals surface area contributed by atoms with E-state index in [1.165, 1.54) is 6.33 Å². The van der Waals surface area contributed by atoms with Crippen LogP contribution in [0.15, 0.2) is 54.9 Å². The molecule has 1 fully saturated rings. The van der Waals surface area contributed by atoms with Gasteiger partial charge in [0.05, 0.1) is 18.7 Å². The highest BCUT2D eigenvalue weighted by Gasteiger charge is 2.27. The van der Waals surface area contributed by atoms with Crippen molar-refractivity contribution in [3.8, 4) is 11.4 Å². The molecule has 0 bridgehead atoms. The molecule has 1 aromatic heterocycles. The minimum Gasteiger partial charge on any atom is -0.370 e. The lowest BCUT2D eigenvalue weighted by Crippen LogP contribution is -2.42. The second-order valence-corrected chi connectivity index (χ2v) is 6.48. The Bertz CT molecular complexity index is 896. The van der Waals surface area contributed by atoms with Crippen LogP contribution in [-0.4, -0.2) is 45.7 Å². The Hall–Kier alpha value is -2.70. The maximum atomic E-state index is 13.1. The van der Waals surface area contributed by atoms with Crippen LogP contribution in [0.25, 0.3) is 11.4 Å². The summed E-state index contributed by atoms with van der Waals surface area (Å²) in [5, 5.41) is 7.38. The molecule has 0 unspecified atom stereocenters. The second-order valence-electron chi connectivity index (χ2n) is 6.04. The molecule has 6 nitrogen and oxygen atoms in total. The zero-order valence-corrected chi connectivity index (χ0v) is 14.7. The molecule has 1 amide bonds. The van der Waals surface area contributed by atoms with Crippen LogP contribution < -0.4 is 0 Å². The maximum absolute atomic E-state index is 13.1. The molecule has 26 heavy (non-hydrogen) atoms. The third-order valence-electron chi connectivity index (χ3n) is 4.42. The lowest BCUT2D eigenvalue weighted by atomic mass is 10.0. The quantitative estimate of drug-likeness (QED) is 0.769. The molecule has 3 aromatic rings. The van der Waals surface area contributed by atoms with Crippen molar-refractivity contribution in [1.29, 1.82) is 0 Å². The van der Waals surface area contributed by atoms with Crippen LogP contribution in [0.3, 0.4) is 0 Å². The third-order valence-corrected chi connectivity index (χ3v) is 4.68. The van der Waals surface area contributed by atoms with Gasteiger partial charge >= 0.3 is 0 Å². The summed E-state index contributed by atoms with van der Waals surface area (Å²) >= 11 is 5.96. The van der Waals surface area contributed by atoms with Gasteiger partial charge in [-0.2, -0.15) is 5.10 Å². The normalized spacial score (nSPS) is 17.3. The van der Waals surface area contributed by atoms with Crippen molar-refractivity contribution in [2.45, 2.75) is 6.10 Å². The van der Waals surface area contributed by atoms with Gasteiger partial charge in [0, 0.05) is 17.1 Å². The molecule has 1 N–H and O–H groups in total. The molecule has 0 spiro atoms. The van der Waals surface area contributed by atoms with Gasteiger partial charge in [-0.3, -0.25) is 9.89 Å². The molecule has 2 aromatic carbocycles. The smallest absolute Gasteiger partial charge is 0.254 e. The standard InChI is InChI=1S/C19H17ClN4O2/c20-14-7-5-13(6-8-14)17-11-24(9-10-26-17)19(25)16-4-2-1-3-15(16)18-21-12-22-23-18/h1-8,12,17H,9-11H2,(H,21,22,23)/t17-/m0/s1. The van der Waals surface area contributed by atoms with Gasteiger partial charge in [-0.15, -0.1) is 0 Å². The molecule has 132 valence electrons. The second kappa shape index (κ2) is 7.27. The number of halogens is 1. The molecule has 2 heterocycles. The number of morpholine rings is 1. The van der Waals surface area contributed by atoms with E-state index >= 15 is 0 Å². The van der Waals surface area contributed by atoms with Crippen LogP contribution in [0.2, 0.25) is 5.02 Å². The maximum Gasteiger partial charge on any atom is 0.254 e. The first-order valence-corrected chi connectivity index (χ1v) is 8.71. The lowest BCUT2D eigenvalue weighted by molar-refractivity contribution is -0.0228. The Labute approximate surface area is 155 Å². The summed E-state index contributed by atoms with van der Waals surface area (Å²) in [6.07, 6.45) is 1.27. The van der Waals surface area contributed by atoms with Crippen LogP contribution >= 0.6 is 11.6 Å². The number of nitrogens with zero attached hydrogens (tertiary/aromatic N) is 3. The van der Waals surface area contributed by atoms with Gasteiger partial charge in [-0.25, -0.2) is 4.98 Å². The van der Waals surface area contributed by atoms with E-state index in [9.17, 15) is 4.79 Å². The van der Waals surface area contributed by atoms with E-state index in [0.29, 0.717) is 36.1 Å². The van der Waals surface area contributed by atoms with Crippen LogP contribution in [-0.2, 0) is 4.74 Å². The number of benzene rings is 2. The Balaban J connectivity index is 1.58. The van der Waals surface area contributed by atoms with E-state index in [4.69, 9.17) is 16.3 Å². The number of hydrogen-bond acceptors (Lipinski definition) is 4. The summed E-state index contributed by atoms with van der Waals surface area (Å²) in [6, 6.07) is 14.9. The van der Waals surface area contributed by atoms with E-state index in [1.807, 2.05) is 53.4 Å². The van der Waals surface area contributed by atoms with Crippen LogP contribution in [0, 0.1) is 0 Å². The summed E-state index contributed by atoms with van der Waals surface area (Å²) in [5.74, 6) is 0.538. The fourth-order valence-corrected chi connectivity index (χ4v) is 3.22. The zero-order valence-electron chi connectivity index (χ0n) is 13.9. The molecule has 7 heteroatoms. The third kappa shape index (κ3) is 3.34. The molecule has 1 saturated heterocycles. The number of ether oxygens (including phenoxy) is 1. The average molecular weight is 369 g/mol. The van der Waals surface area contributed by atoms with Crippen molar-refractivity contribution >= 4 is 17.5 Å². The van der Waals surface area contributed by atoms with Crippen LogP contribution in [0.1, 0.15) is 22.0 Å². The first kappa shape index (κ1) is 16.8. The predicted octanol–water partition coefficient (Wildman–Crippen LogP) is 3.34. The van der Waals surface area contributed by atoms with Gasteiger partial charge < -0.3 is 9.64 Å². The number of aromatic nitrogens is 3. The number of H-pyrrole nitrogens is 1. The van der Waals surface area contributed by atoms with E-state index in [2.05, 4.69) is 15.2 Å². The van der Waals surface area contributed by atoms with E-state index < -0.39 is 0 Å². The van der Waals surface area contributed by atoms with Gasteiger partial charge in [0.25, 0.3) is 5.91 Å². The average Bonchev–Trinajstić information content (AvgIpc) is 3.23. The minimum absolute atomic E-state index is 0.0423. The first-order valence-electron chi connectivity index (χ1n) is 8.33. The fraction of sp³-hybridized carbons (Fsp3) is 0.211. The van der Waals surface area contributed by atoms with Crippen molar-refractivity contribution in [1.82, 2.24) is 20.1 Å². The fourth-order valence-electron chi connectivity index (χ4n) is 3.09. The van der Waals surface area contributed by atoms with Crippen molar-refractivity contribution in [3.63, 3.8) is 0 Å². The van der Waals surface area contributed by atoms with E-state index in [0.717, 1.165) is 11.1 Å². The molecular formula is C19H17ClN4O2. The lowest BCUT2D eigenvalue weighted by Gasteiger charge is -2.33. The minimum atomic E-state index is -0.164. The van der Waals surface area contributed by atoms with E-state index in [1.54, 1.807) is 0 Å². The van der Waals surface area contributed by atoms with Gasteiger partial charge in [0.15, 0.2) is 5.82 Å². The highest BCUT2D eigenvalue weighted by atomic mass is 35.5. The molecule has 0 aliphatic carbocycles. The predicted molar refractivity (Wildman–Crippen MR) is 97.9 cm³/mol. The molecule has 0 saturated carbocycles. The van der Waals surface area contributed by atoms with Crippen molar-refractivity contribution in [3.05, 3.63) is 71.0 Å². The van der Waals surface area contributed by atoms with Crippen LogP contribution in [0.4, 0.5) is 0 Å². The van der Waals surface area contributed by atoms with E-state index in [-0.39, 0.29) is 12.0 Å². The molecule has 1 aliphatic heterocycles. The molecular weight excluding hydrogens is 352 g/mol. The summed E-state index contributed by atoms with van der Waals surface area (Å²) in [5.41, 5.74) is 2.35. The zero-order chi connectivity index (χ0) is 17.9. The Morgan fingerprint density at radius 1 is 1.19 bits per heavy atom. The van der Waals surface area contributed by atoms with Gasteiger partial charge in [-0.05, 0) is 23.8 Å². The molecule has 1 aliphatic rings. The van der Waals surface area contributed by atoms with Crippen molar-refractivity contribution in [2.75, 3.05) is 19.7 Å². The molecule has 4 rings (SSSR count). The number of amides is 1. The van der Waals surface area contributed by atoms with Gasteiger partial charge in [-0.1, -0.05) is 41.9 Å². The first-order chi connectivity index (χ1) is 12.7. The number of hydrogen-bond donors (Lipinski definition) is 1. The number of carbonyl (C=O) groups is 1. The van der Waals surface area contributed by atoms with Gasteiger partial charge in [0.1, 0.15) is 12.4 Å². The number of carbonyl (C=O) groups excluding carboxylic acids is 1. The summed E-state index contributed by atoms with van der Waals surface area (Å²) in [6.45, 7) is 1.53. The SMILES string of the molecule is O=C(c1ccccc1-c1ncn[nH]1)N1CCO[C@H](c2ccc(Cl)cc2)C1. The van der Waals surface area contributed by atoms with Crippen molar-refractivity contribution < 1.29 is 9.53 Å². The monoisotopic (exact) mass is 368 g/mol. The summed E-state index contributed by atoms with van der Waals surface area (Å²) in [4.78, 5) is 19.1. The number of aromatic amines is 1. The Morgan fingerprint density at radius 2 is 2.00 bits per heavy atom. The highest BCUT2D eigenvalue weighted by Crippen LogP contribution is 2.27. The topological polar surface area (TPSA) is 71.1 Å². The molecule has 1 atom stereocenters. The Kier molecular flexibility index (Phi) is 4.69. The summed E-state index contributed by atoms with van der Waals surface area (Å²) < 4.78 is 5.86. The van der Waals surface area contributed by atoms with Crippen molar-refractivity contribution in [2.24, 2.45) is 0 Å². The number of rotatable bonds is 3. The Morgan fingerprint density at radius 3 is 2.77 bits per heavy atom.